The van der Waals surface area contributed by atoms with Crippen LogP contribution in [-0.4, -0.2) is 11.1 Å². The van der Waals surface area contributed by atoms with Crippen molar-refractivity contribution in [2.24, 2.45) is 5.73 Å². The van der Waals surface area contributed by atoms with E-state index in [0.717, 1.165) is 18.4 Å². The van der Waals surface area contributed by atoms with Gasteiger partial charge in [-0.1, -0.05) is 13.3 Å². The molecule has 1 aromatic heterocycles. The fourth-order valence-electron chi connectivity index (χ4n) is 1.14. The molecule has 0 radical (unpaired) electrons. The van der Waals surface area contributed by atoms with E-state index in [9.17, 15) is 4.79 Å². The predicted octanol–water partition coefficient (Wildman–Crippen LogP) is 2.25. The minimum absolute atomic E-state index is 0.0191. The molecule has 0 aliphatic carbocycles. The Morgan fingerprint density at radius 1 is 1.77 bits per heavy atom. The van der Waals surface area contributed by atoms with Crippen molar-refractivity contribution >= 4 is 17.3 Å². The normalized spacial score (nSPS) is 12.8. The fraction of sp³-hybridized carbons (Fsp3) is 0.444. The summed E-state index contributed by atoms with van der Waals surface area (Å²) < 4.78 is 0. The molecular weight excluding hydrogens is 186 g/mol. The zero-order chi connectivity index (χ0) is 9.84. The van der Waals surface area contributed by atoms with Crippen molar-refractivity contribution in [1.82, 2.24) is 0 Å². The molecular formula is C9H13NO2S. The number of carboxylic acids is 1. The monoisotopic (exact) mass is 199 g/mol. The van der Waals surface area contributed by atoms with Crippen molar-refractivity contribution in [3.63, 3.8) is 0 Å². The van der Waals surface area contributed by atoms with Gasteiger partial charge in [0.2, 0.25) is 0 Å². The van der Waals surface area contributed by atoms with Gasteiger partial charge in [-0.15, -0.1) is 11.3 Å². The van der Waals surface area contributed by atoms with Gasteiger partial charge in [0.25, 0.3) is 0 Å². The van der Waals surface area contributed by atoms with Gasteiger partial charge in [0, 0.05) is 6.04 Å². The maximum atomic E-state index is 10.6. The van der Waals surface area contributed by atoms with E-state index in [1.165, 1.54) is 11.3 Å². The van der Waals surface area contributed by atoms with Crippen molar-refractivity contribution in [2.45, 2.75) is 25.8 Å². The smallest absolute Gasteiger partial charge is 0.345 e. The van der Waals surface area contributed by atoms with E-state index in [1.54, 1.807) is 6.07 Å². The Bertz CT molecular complexity index is 296. The van der Waals surface area contributed by atoms with E-state index in [0.29, 0.717) is 4.88 Å². The molecule has 0 fully saturated rings. The van der Waals surface area contributed by atoms with Crippen LogP contribution in [0.1, 0.15) is 41.0 Å². The summed E-state index contributed by atoms with van der Waals surface area (Å²) in [5, 5.41) is 10.5. The minimum atomic E-state index is -0.875. The van der Waals surface area contributed by atoms with Gasteiger partial charge in [0.1, 0.15) is 4.88 Å². The number of carbonyl (C=O) groups is 1. The number of nitrogens with two attached hydrogens (primary N) is 1. The summed E-state index contributed by atoms with van der Waals surface area (Å²) >= 11 is 1.23. The molecule has 0 aliphatic rings. The highest BCUT2D eigenvalue weighted by Gasteiger charge is 2.11. The van der Waals surface area contributed by atoms with Crippen LogP contribution >= 0.6 is 11.3 Å². The van der Waals surface area contributed by atoms with E-state index in [2.05, 4.69) is 6.92 Å². The van der Waals surface area contributed by atoms with Gasteiger partial charge in [0.15, 0.2) is 0 Å². The first kappa shape index (κ1) is 10.2. The molecule has 4 heteroatoms. The minimum Gasteiger partial charge on any atom is -0.477 e. The van der Waals surface area contributed by atoms with Crippen molar-refractivity contribution in [1.29, 1.82) is 0 Å². The summed E-state index contributed by atoms with van der Waals surface area (Å²) in [6.07, 6.45) is 1.91. The Hall–Kier alpha value is -0.870. The molecule has 1 rings (SSSR count). The quantitative estimate of drug-likeness (QED) is 0.781. The predicted molar refractivity (Wildman–Crippen MR) is 53.1 cm³/mol. The van der Waals surface area contributed by atoms with Crippen molar-refractivity contribution < 1.29 is 9.90 Å². The number of rotatable bonds is 4. The van der Waals surface area contributed by atoms with Crippen molar-refractivity contribution in [3.05, 3.63) is 21.9 Å². The van der Waals surface area contributed by atoms with Crippen LogP contribution in [0.25, 0.3) is 0 Å². The largest absolute Gasteiger partial charge is 0.477 e. The molecule has 3 N–H and O–H groups in total. The summed E-state index contributed by atoms with van der Waals surface area (Å²) in [7, 11) is 0. The molecule has 0 saturated heterocycles. The van der Waals surface area contributed by atoms with Crippen LogP contribution in [0.4, 0.5) is 0 Å². The molecule has 0 spiro atoms. The third-order valence-corrected chi connectivity index (χ3v) is 2.79. The molecule has 1 atom stereocenters. The van der Waals surface area contributed by atoms with Gasteiger partial charge in [-0.3, -0.25) is 0 Å². The molecule has 72 valence electrons. The van der Waals surface area contributed by atoms with Gasteiger partial charge < -0.3 is 10.8 Å². The van der Waals surface area contributed by atoms with Crippen molar-refractivity contribution in [3.8, 4) is 0 Å². The Labute approximate surface area is 81.2 Å². The summed E-state index contributed by atoms with van der Waals surface area (Å²) in [4.78, 5) is 10.9. The Kier molecular flexibility index (Phi) is 3.45. The summed E-state index contributed by atoms with van der Waals surface area (Å²) in [5.41, 5.74) is 6.77. The van der Waals surface area contributed by atoms with Crippen LogP contribution in [-0.2, 0) is 0 Å². The van der Waals surface area contributed by atoms with Crippen molar-refractivity contribution in [2.75, 3.05) is 0 Å². The van der Waals surface area contributed by atoms with Crippen LogP contribution in [0.5, 0.6) is 0 Å². The first-order valence-corrected chi connectivity index (χ1v) is 5.10. The summed E-state index contributed by atoms with van der Waals surface area (Å²) in [6, 6.07) is 1.64. The van der Waals surface area contributed by atoms with Gasteiger partial charge >= 0.3 is 5.97 Å². The Morgan fingerprint density at radius 3 is 2.92 bits per heavy atom. The zero-order valence-corrected chi connectivity index (χ0v) is 8.30. The number of aromatic carboxylic acids is 1. The van der Waals surface area contributed by atoms with E-state index in [1.807, 2.05) is 5.38 Å². The number of hydrogen-bond donors (Lipinski definition) is 2. The van der Waals surface area contributed by atoms with E-state index in [-0.39, 0.29) is 6.04 Å². The lowest BCUT2D eigenvalue weighted by atomic mass is 10.1. The van der Waals surface area contributed by atoms with E-state index >= 15 is 0 Å². The average Bonchev–Trinajstić information content (AvgIpc) is 2.52. The molecule has 0 amide bonds. The molecule has 0 saturated carbocycles. The number of hydrogen-bond acceptors (Lipinski definition) is 3. The third-order valence-electron chi connectivity index (χ3n) is 1.86. The molecule has 0 aliphatic heterocycles. The molecule has 0 unspecified atom stereocenters. The van der Waals surface area contributed by atoms with Crippen LogP contribution in [0.2, 0.25) is 0 Å². The second-order valence-electron chi connectivity index (χ2n) is 2.94. The standard InChI is InChI=1S/C9H13NO2S/c1-2-3-7(10)6-4-8(9(11)12)13-5-6/h4-5,7H,2-3,10H2,1H3,(H,11,12)/t7-/m1/s1. The molecule has 13 heavy (non-hydrogen) atoms. The van der Waals surface area contributed by atoms with E-state index < -0.39 is 5.97 Å². The lowest BCUT2D eigenvalue weighted by Crippen LogP contribution is -2.08. The van der Waals surface area contributed by atoms with Gasteiger partial charge in [-0.05, 0) is 23.4 Å². The van der Waals surface area contributed by atoms with Crippen LogP contribution in [0, 0.1) is 0 Å². The fourth-order valence-corrected chi connectivity index (χ4v) is 1.95. The molecule has 1 aromatic rings. The first-order chi connectivity index (χ1) is 6.15. The van der Waals surface area contributed by atoms with Gasteiger partial charge in [0.05, 0.1) is 0 Å². The van der Waals surface area contributed by atoms with Crippen LogP contribution < -0.4 is 5.73 Å². The highest BCUT2D eigenvalue weighted by molar-refractivity contribution is 7.12. The highest BCUT2D eigenvalue weighted by Crippen LogP contribution is 2.22. The van der Waals surface area contributed by atoms with Crippen LogP contribution in [0.15, 0.2) is 11.4 Å². The number of thiophene rings is 1. The van der Waals surface area contributed by atoms with Gasteiger partial charge in [-0.25, -0.2) is 4.79 Å². The highest BCUT2D eigenvalue weighted by atomic mass is 32.1. The lowest BCUT2D eigenvalue weighted by Gasteiger charge is -2.06. The average molecular weight is 199 g/mol. The molecule has 3 nitrogen and oxygen atoms in total. The molecule has 0 aromatic carbocycles. The Balaban J connectivity index is 2.73. The zero-order valence-electron chi connectivity index (χ0n) is 7.49. The summed E-state index contributed by atoms with van der Waals surface area (Å²) in [6.45, 7) is 2.06. The third kappa shape index (κ3) is 2.54. The maximum Gasteiger partial charge on any atom is 0.345 e. The second kappa shape index (κ2) is 4.39. The Morgan fingerprint density at radius 2 is 2.46 bits per heavy atom. The maximum absolute atomic E-state index is 10.6. The SMILES string of the molecule is CCC[C@@H](N)c1csc(C(=O)O)c1. The van der Waals surface area contributed by atoms with Gasteiger partial charge in [-0.2, -0.15) is 0 Å². The summed E-state index contributed by atoms with van der Waals surface area (Å²) in [5.74, 6) is -0.875. The second-order valence-corrected chi connectivity index (χ2v) is 3.86. The van der Waals surface area contributed by atoms with E-state index in [4.69, 9.17) is 10.8 Å². The molecule has 0 bridgehead atoms. The topological polar surface area (TPSA) is 63.3 Å². The molecule has 1 heterocycles. The van der Waals surface area contributed by atoms with Crippen LogP contribution in [0.3, 0.4) is 0 Å². The first-order valence-electron chi connectivity index (χ1n) is 4.22. The lowest BCUT2D eigenvalue weighted by molar-refractivity contribution is 0.0702. The number of carboxylic acid groups (broad SMARTS) is 1.